The Bertz CT molecular complexity index is 599. The normalized spacial score (nSPS) is 12.5. The first-order valence-corrected chi connectivity index (χ1v) is 8.76. The van der Waals surface area contributed by atoms with Gasteiger partial charge in [-0.1, -0.05) is 83.1 Å². The molecule has 5 heteroatoms. The highest BCUT2D eigenvalue weighted by atomic mass is 79.9. The Labute approximate surface area is 147 Å². The van der Waals surface area contributed by atoms with Crippen molar-refractivity contribution in [3.8, 4) is 0 Å². The van der Waals surface area contributed by atoms with Gasteiger partial charge in [-0.15, -0.1) is 0 Å². The van der Waals surface area contributed by atoms with Crippen molar-refractivity contribution >= 4 is 71.0 Å². The lowest BCUT2D eigenvalue weighted by Gasteiger charge is -2.13. The molecule has 0 aliphatic heterocycles. The second-order valence-corrected chi connectivity index (χ2v) is 7.78. The molecular formula is C14H9Br3Cl2. The van der Waals surface area contributed by atoms with Crippen LogP contribution in [-0.4, -0.2) is 0 Å². The Hall–Kier alpha value is 0.460. The van der Waals surface area contributed by atoms with Gasteiger partial charge >= 0.3 is 0 Å². The van der Waals surface area contributed by atoms with E-state index in [1.165, 1.54) is 5.56 Å². The number of halogens is 5. The molecular weight excluding hydrogens is 479 g/mol. The fraction of sp³-hybridized carbons (Fsp3) is 0.143. The summed E-state index contributed by atoms with van der Waals surface area (Å²) in [5, 5.41) is 1.18. The molecule has 0 fully saturated rings. The molecule has 100 valence electrons. The van der Waals surface area contributed by atoms with Crippen LogP contribution in [0.25, 0.3) is 0 Å². The van der Waals surface area contributed by atoms with Crippen molar-refractivity contribution in [1.29, 1.82) is 0 Å². The zero-order valence-electron chi connectivity index (χ0n) is 9.64. The van der Waals surface area contributed by atoms with Gasteiger partial charge in [0.15, 0.2) is 0 Å². The molecule has 0 spiro atoms. The predicted octanol–water partition coefficient (Wildman–Crippen LogP) is 7.20. The minimum absolute atomic E-state index is 0.215. The van der Waals surface area contributed by atoms with Crippen LogP contribution < -0.4 is 0 Å². The number of rotatable bonds is 3. The summed E-state index contributed by atoms with van der Waals surface area (Å²) < 4.78 is 2.13. The summed E-state index contributed by atoms with van der Waals surface area (Å²) in [5.41, 5.74) is 2.35. The van der Waals surface area contributed by atoms with E-state index in [-0.39, 0.29) is 4.83 Å². The standard InChI is InChI=1S/C14H9Br3Cl2/c15-9-2-3-10(12(17)7-9)11(16)5-8-1-4-13(18)14(19)6-8/h1-4,6-7,11H,5H2. The highest BCUT2D eigenvalue weighted by molar-refractivity contribution is 9.11. The summed E-state index contributed by atoms with van der Waals surface area (Å²) >= 11 is 22.7. The van der Waals surface area contributed by atoms with Crippen molar-refractivity contribution in [2.45, 2.75) is 11.2 Å². The minimum Gasteiger partial charge on any atom is -0.0835 e. The SMILES string of the molecule is Clc1ccc(CC(Br)c2ccc(Br)cc2Br)cc1Cl. The van der Waals surface area contributed by atoms with Gasteiger partial charge in [-0.05, 0) is 41.8 Å². The Morgan fingerprint density at radius 2 is 1.68 bits per heavy atom. The van der Waals surface area contributed by atoms with Crippen molar-refractivity contribution in [2.24, 2.45) is 0 Å². The number of hydrogen-bond donors (Lipinski definition) is 0. The first-order valence-electron chi connectivity index (χ1n) is 5.50. The molecule has 1 atom stereocenters. The molecule has 0 saturated heterocycles. The van der Waals surface area contributed by atoms with Gasteiger partial charge in [0.1, 0.15) is 0 Å². The molecule has 2 rings (SSSR count). The summed E-state index contributed by atoms with van der Waals surface area (Å²) in [7, 11) is 0. The molecule has 1 unspecified atom stereocenters. The molecule has 0 aromatic heterocycles. The van der Waals surface area contributed by atoms with Crippen molar-refractivity contribution in [2.75, 3.05) is 0 Å². The predicted molar refractivity (Wildman–Crippen MR) is 93.7 cm³/mol. The number of alkyl halides is 1. The topological polar surface area (TPSA) is 0 Å². The third kappa shape index (κ3) is 4.21. The fourth-order valence-electron chi connectivity index (χ4n) is 1.74. The van der Waals surface area contributed by atoms with Gasteiger partial charge in [-0.2, -0.15) is 0 Å². The minimum atomic E-state index is 0.215. The Morgan fingerprint density at radius 1 is 0.947 bits per heavy atom. The van der Waals surface area contributed by atoms with Crippen LogP contribution in [0.15, 0.2) is 45.3 Å². The van der Waals surface area contributed by atoms with Crippen LogP contribution in [0.3, 0.4) is 0 Å². The average molecular weight is 488 g/mol. The second kappa shape index (κ2) is 6.95. The molecule has 0 aliphatic carbocycles. The maximum atomic E-state index is 6.03. The fourth-order valence-corrected chi connectivity index (χ4v) is 4.46. The van der Waals surface area contributed by atoms with Crippen LogP contribution in [0.4, 0.5) is 0 Å². The van der Waals surface area contributed by atoms with Gasteiger partial charge in [0.05, 0.1) is 10.0 Å². The van der Waals surface area contributed by atoms with Crippen LogP contribution in [-0.2, 0) is 6.42 Å². The third-order valence-corrected chi connectivity index (χ3v) is 5.43. The lowest BCUT2D eigenvalue weighted by Crippen LogP contribution is -1.96. The maximum Gasteiger partial charge on any atom is 0.0595 e. The summed E-state index contributed by atoms with van der Waals surface area (Å²) in [6.45, 7) is 0. The van der Waals surface area contributed by atoms with Crippen molar-refractivity contribution in [3.05, 3.63) is 66.5 Å². The van der Waals surface area contributed by atoms with Gasteiger partial charge in [-0.3, -0.25) is 0 Å². The third-order valence-electron chi connectivity index (χ3n) is 2.70. The molecule has 0 amide bonds. The van der Waals surface area contributed by atoms with Crippen LogP contribution in [0.2, 0.25) is 10.0 Å². The quantitative estimate of drug-likeness (QED) is 0.402. The van der Waals surface area contributed by atoms with E-state index in [0.29, 0.717) is 10.0 Å². The molecule has 0 radical (unpaired) electrons. The Kier molecular flexibility index (Phi) is 5.79. The first kappa shape index (κ1) is 15.8. The van der Waals surface area contributed by atoms with Crippen LogP contribution >= 0.6 is 71.0 Å². The van der Waals surface area contributed by atoms with Crippen molar-refractivity contribution < 1.29 is 0 Å². The molecule has 0 saturated carbocycles. The smallest absolute Gasteiger partial charge is 0.0595 e. The lowest BCUT2D eigenvalue weighted by atomic mass is 10.0. The maximum absolute atomic E-state index is 6.03. The van der Waals surface area contributed by atoms with E-state index >= 15 is 0 Å². The number of benzene rings is 2. The van der Waals surface area contributed by atoms with Crippen LogP contribution in [0.1, 0.15) is 16.0 Å². The first-order chi connectivity index (χ1) is 8.97. The average Bonchev–Trinajstić information content (AvgIpc) is 2.33. The van der Waals surface area contributed by atoms with Gasteiger partial charge in [0, 0.05) is 13.8 Å². The zero-order chi connectivity index (χ0) is 14.0. The van der Waals surface area contributed by atoms with E-state index < -0.39 is 0 Å². The van der Waals surface area contributed by atoms with Crippen molar-refractivity contribution in [3.63, 3.8) is 0 Å². The monoisotopic (exact) mass is 484 g/mol. The highest BCUT2D eigenvalue weighted by Crippen LogP contribution is 2.35. The Morgan fingerprint density at radius 3 is 2.32 bits per heavy atom. The van der Waals surface area contributed by atoms with Crippen molar-refractivity contribution in [1.82, 2.24) is 0 Å². The largest absolute Gasteiger partial charge is 0.0835 e. The van der Waals surface area contributed by atoms with E-state index in [4.69, 9.17) is 23.2 Å². The van der Waals surface area contributed by atoms with E-state index in [1.54, 1.807) is 0 Å². The van der Waals surface area contributed by atoms with Gasteiger partial charge in [-0.25, -0.2) is 0 Å². The van der Waals surface area contributed by atoms with Gasteiger partial charge < -0.3 is 0 Å². The summed E-state index contributed by atoms with van der Waals surface area (Å²) in [4.78, 5) is 0.215. The molecule has 2 aromatic carbocycles. The molecule has 0 aliphatic rings. The summed E-state index contributed by atoms with van der Waals surface area (Å²) in [6.07, 6.45) is 0.844. The van der Waals surface area contributed by atoms with Gasteiger partial charge in [0.2, 0.25) is 0 Å². The Balaban J connectivity index is 2.20. The molecule has 2 aromatic rings. The number of hydrogen-bond acceptors (Lipinski definition) is 0. The van der Waals surface area contributed by atoms with E-state index in [9.17, 15) is 0 Å². The molecule has 0 bridgehead atoms. The highest BCUT2D eigenvalue weighted by Gasteiger charge is 2.13. The van der Waals surface area contributed by atoms with E-state index in [2.05, 4.69) is 53.9 Å². The molecule has 19 heavy (non-hydrogen) atoms. The molecule has 0 heterocycles. The lowest BCUT2D eigenvalue weighted by molar-refractivity contribution is 0.943. The zero-order valence-corrected chi connectivity index (χ0v) is 15.9. The van der Waals surface area contributed by atoms with Gasteiger partial charge in [0.25, 0.3) is 0 Å². The summed E-state index contributed by atoms with van der Waals surface area (Å²) in [6, 6.07) is 11.9. The summed E-state index contributed by atoms with van der Waals surface area (Å²) in [5.74, 6) is 0. The molecule has 0 N–H and O–H groups in total. The van der Waals surface area contributed by atoms with E-state index in [1.807, 2.05) is 30.3 Å². The molecule has 0 nitrogen and oxygen atoms in total. The van der Waals surface area contributed by atoms with E-state index in [0.717, 1.165) is 20.9 Å². The van der Waals surface area contributed by atoms with Crippen LogP contribution in [0, 0.1) is 0 Å². The second-order valence-electron chi connectivity index (χ2n) is 4.09. The van der Waals surface area contributed by atoms with Crippen LogP contribution in [0.5, 0.6) is 0 Å².